The fourth-order valence-corrected chi connectivity index (χ4v) is 4.69. The van der Waals surface area contributed by atoms with Crippen molar-refractivity contribution in [2.75, 3.05) is 19.0 Å². The van der Waals surface area contributed by atoms with Crippen molar-refractivity contribution in [3.63, 3.8) is 0 Å². The van der Waals surface area contributed by atoms with Crippen LogP contribution in [0.25, 0.3) is 10.2 Å². The first-order chi connectivity index (χ1) is 13.3. The van der Waals surface area contributed by atoms with E-state index in [2.05, 4.69) is 11.4 Å². The first-order valence-corrected chi connectivity index (χ1v) is 10.1. The Kier molecular flexibility index (Phi) is 5.36. The maximum absolute atomic E-state index is 13.1. The highest BCUT2D eigenvalue weighted by molar-refractivity contribution is 7.18. The highest BCUT2D eigenvalue weighted by Crippen LogP contribution is 2.36. The molecule has 1 aromatic heterocycles. The number of nitrogens with one attached hydrogen (secondary N) is 1. The maximum atomic E-state index is 13.1. The number of carbonyl (C=O) groups excluding carboxylic acids is 1. The van der Waals surface area contributed by atoms with E-state index < -0.39 is 0 Å². The van der Waals surface area contributed by atoms with Gasteiger partial charge in [-0.3, -0.25) is 0 Å². The molecular weight excluding hydrogens is 358 g/mol. The molecule has 1 aliphatic heterocycles. The van der Waals surface area contributed by atoms with Gasteiger partial charge < -0.3 is 15.0 Å². The smallest absolute Gasteiger partial charge is 0.322 e. The van der Waals surface area contributed by atoms with E-state index in [1.165, 1.54) is 4.70 Å². The zero-order valence-corrected chi connectivity index (χ0v) is 16.2. The van der Waals surface area contributed by atoms with Gasteiger partial charge in [0.2, 0.25) is 0 Å². The van der Waals surface area contributed by atoms with Crippen molar-refractivity contribution >= 4 is 33.3 Å². The van der Waals surface area contributed by atoms with Crippen molar-refractivity contribution in [2.45, 2.75) is 31.9 Å². The first-order valence-electron chi connectivity index (χ1n) is 9.26. The molecule has 0 bridgehead atoms. The van der Waals surface area contributed by atoms with Crippen LogP contribution in [0.3, 0.4) is 0 Å². The van der Waals surface area contributed by atoms with Gasteiger partial charge in [-0.1, -0.05) is 30.3 Å². The average Bonchev–Trinajstić information content (AvgIpc) is 3.14. The SMILES string of the molecule is COCc1ccccc1NC(=O)N1CCCC[C@H]1c1nc2ccccc2s1. The number of nitrogens with zero attached hydrogens (tertiary/aromatic N) is 2. The quantitative estimate of drug-likeness (QED) is 0.676. The van der Waals surface area contributed by atoms with E-state index in [0.717, 1.165) is 47.6 Å². The van der Waals surface area contributed by atoms with Gasteiger partial charge in [0.25, 0.3) is 0 Å². The zero-order chi connectivity index (χ0) is 18.6. The number of anilines is 1. The molecule has 1 aliphatic rings. The van der Waals surface area contributed by atoms with Crippen LogP contribution in [0.5, 0.6) is 0 Å². The van der Waals surface area contributed by atoms with Gasteiger partial charge in [0.05, 0.1) is 22.9 Å². The summed E-state index contributed by atoms with van der Waals surface area (Å²) in [7, 11) is 1.66. The van der Waals surface area contributed by atoms with Crippen LogP contribution in [0.1, 0.15) is 35.9 Å². The molecule has 2 amide bonds. The number of hydrogen-bond donors (Lipinski definition) is 1. The number of amides is 2. The molecule has 1 fully saturated rings. The van der Waals surface area contributed by atoms with Crippen LogP contribution in [-0.4, -0.2) is 29.6 Å². The predicted octanol–water partition coefficient (Wildman–Crippen LogP) is 5.20. The van der Waals surface area contributed by atoms with Gasteiger partial charge in [-0.2, -0.15) is 0 Å². The number of para-hydroxylation sites is 2. The van der Waals surface area contributed by atoms with Crippen molar-refractivity contribution in [1.82, 2.24) is 9.88 Å². The molecule has 5 nitrogen and oxygen atoms in total. The molecule has 1 saturated heterocycles. The topological polar surface area (TPSA) is 54.5 Å². The summed E-state index contributed by atoms with van der Waals surface area (Å²) in [6.45, 7) is 1.22. The number of rotatable bonds is 4. The Hall–Kier alpha value is -2.44. The number of benzene rings is 2. The Bertz CT molecular complexity index is 907. The third-order valence-corrected chi connectivity index (χ3v) is 6.06. The van der Waals surface area contributed by atoms with Crippen molar-refractivity contribution in [3.8, 4) is 0 Å². The van der Waals surface area contributed by atoms with Gasteiger partial charge in [-0.15, -0.1) is 11.3 Å². The van der Waals surface area contributed by atoms with E-state index in [0.29, 0.717) is 6.61 Å². The number of thiazole rings is 1. The Labute approximate surface area is 163 Å². The Balaban J connectivity index is 1.58. The van der Waals surface area contributed by atoms with Crippen molar-refractivity contribution in [2.24, 2.45) is 0 Å². The minimum atomic E-state index is -0.0671. The highest BCUT2D eigenvalue weighted by atomic mass is 32.1. The van der Waals surface area contributed by atoms with Crippen LogP contribution in [0.15, 0.2) is 48.5 Å². The summed E-state index contributed by atoms with van der Waals surface area (Å²) in [5, 5.41) is 4.11. The number of urea groups is 1. The molecule has 0 aliphatic carbocycles. The van der Waals surface area contributed by atoms with E-state index in [1.807, 2.05) is 47.4 Å². The van der Waals surface area contributed by atoms with E-state index in [9.17, 15) is 4.79 Å². The number of hydrogen-bond acceptors (Lipinski definition) is 4. The lowest BCUT2D eigenvalue weighted by molar-refractivity contribution is 0.163. The molecule has 0 saturated carbocycles. The van der Waals surface area contributed by atoms with Crippen LogP contribution in [-0.2, 0) is 11.3 Å². The zero-order valence-electron chi connectivity index (χ0n) is 15.4. The Morgan fingerprint density at radius 1 is 1.22 bits per heavy atom. The summed E-state index contributed by atoms with van der Waals surface area (Å²) in [6.07, 6.45) is 3.09. The molecule has 0 spiro atoms. The monoisotopic (exact) mass is 381 g/mol. The minimum Gasteiger partial charge on any atom is -0.380 e. The number of aromatic nitrogens is 1. The lowest BCUT2D eigenvalue weighted by Gasteiger charge is -2.34. The normalized spacial score (nSPS) is 17.2. The molecule has 0 radical (unpaired) electrons. The summed E-state index contributed by atoms with van der Waals surface area (Å²) >= 11 is 1.69. The number of carbonyl (C=O) groups is 1. The van der Waals surface area contributed by atoms with Gasteiger partial charge in [-0.25, -0.2) is 9.78 Å². The minimum absolute atomic E-state index is 0.0331. The van der Waals surface area contributed by atoms with Crippen molar-refractivity contribution in [1.29, 1.82) is 0 Å². The maximum Gasteiger partial charge on any atom is 0.322 e. The third-order valence-electron chi connectivity index (χ3n) is 4.92. The summed E-state index contributed by atoms with van der Waals surface area (Å²) in [6, 6.07) is 15.9. The lowest BCUT2D eigenvalue weighted by Crippen LogP contribution is -2.41. The molecule has 1 N–H and O–H groups in total. The second kappa shape index (κ2) is 8.06. The molecule has 2 heterocycles. The van der Waals surface area contributed by atoms with Crippen molar-refractivity contribution in [3.05, 3.63) is 59.1 Å². The van der Waals surface area contributed by atoms with E-state index in [4.69, 9.17) is 9.72 Å². The molecule has 0 unspecified atom stereocenters. The first kappa shape index (κ1) is 17.9. The van der Waals surface area contributed by atoms with Gasteiger partial charge in [0.15, 0.2) is 0 Å². The molecular formula is C21H23N3O2S. The second-order valence-corrected chi connectivity index (χ2v) is 7.81. The second-order valence-electron chi connectivity index (χ2n) is 6.75. The van der Waals surface area contributed by atoms with Crippen LogP contribution in [0, 0.1) is 0 Å². The van der Waals surface area contributed by atoms with Crippen LogP contribution in [0.2, 0.25) is 0 Å². The highest BCUT2D eigenvalue weighted by Gasteiger charge is 2.30. The van der Waals surface area contributed by atoms with Crippen LogP contribution < -0.4 is 5.32 Å². The Morgan fingerprint density at radius 3 is 2.89 bits per heavy atom. The Morgan fingerprint density at radius 2 is 2.04 bits per heavy atom. The summed E-state index contributed by atoms with van der Waals surface area (Å²) in [5.74, 6) is 0. The molecule has 27 heavy (non-hydrogen) atoms. The van der Waals surface area contributed by atoms with Gasteiger partial charge in [0, 0.05) is 24.9 Å². The van der Waals surface area contributed by atoms with E-state index in [1.54, 1.807) is 18.4 Å². The number of fused-ring (bicyclic) bond motifs is 1. The molecule has 1 atom stereocenters. The predicted molar refractivity (Wildman–Crippen MR) is 109 cm³/mol. The average molecular weight is 382 g/mol. The van der Waals surface area contributed by atoms with E-state index in [-0.39, 0.29) is 12.1 Å². The van der Waals surface area contributed by atoms with Gasteiger partial charge in [0.1, 0.15) is 5.01 Å². The van der Waals surface area contributed by atoms with E-state index >= 15 is 0 Å². The largest absolute Gasteiger partial charge is 0.380 e. The van der Waals surface area contributed by atoms with Gasteiger partial charge in [-0.05, 0) is 37.5 Å². The number of ether oxygens (including phenoxy) is 1. The summed E-state index contributed by atoms with van der Waals surface area (Å²) < 4.78 is 6.42. The standard InChI is InChI=1S/C21H23N3O2S/c1-26-14-15-8-2-3-9-16(15)23-21(25)24-13-7-6-11-18(24)20-22-17-10-4-5-12-19(17)27-20/h2-5,8-10,12,18H,6-7,11,13-14H2,1H3,(H,23,25)/t18-/m0/s1. The number of methoxy groups -OCH3 is 1. The molecule has 4 rings (SSSR count). The fraction of sp³-hybridized carbons (Fsp3) is 0.333. The van der Waals surface area contributed by atoms with Crippen LogP contribution >= 0.6 is 11.3 Å². The van der Waals surface area contributed by atoms with Crippen LogP contribution in [0.4, 0.5) is 10.5 Å². The summed E-state index contributed by atoms with van der Waals surface area (Å²) in [4.78, 5) is 19.8. The molecule has 2 aromatic carbocycles. The molecule has 140 valence electrons. The fourth-order valence-electron chi connectivity index (χ4n) is 3.57. The molecule has 6 heteroatoms. The third kappa shape index (κ3) is 3.82. The summed E-state index contributed by atoms with van der Waals surface area (Å²) in [5.41, 5.74) is 2.79. The number of likely N-dealkylation sites (tertiary alicyclic amines) is 1. The molecule has 3 aromatic rings. The lowest BCUT2D eigenvalue weighted by atomic mass is 10.0. The van der Waals surface area contributed by atoms with Crippen molar-refractivity contribution < 1.29 is 9.53 Å². The van der Waals surface area contributed by atoms with Gasteiger partial charge >= 0.3 is 6.03 Å². The number of piperidine rings is 1.